The molecule has 0 aromatic heterocycles. The fourth-order valence-electron chi connectivity index (χ4n) is 3.60. The van der Waals surface area contributed by atoms with Crippen LogP contribution in [0, 0.1) is 18.8 Å². The minimum absolute atomic E-state index is 0.161. The maximum Gasteiger partial charge on any atom is 0.115 e. The molecule has 0 fully saturated rings. The number of aliphatic imine (C=N–C) groups is 1. The summed E-state index contributed by atoms with van der Waals surface area (Å²) in [5.74, 6) is 2.09. The largest absolute Gasteiger partial charge is 0.489 e. The van der Waals surface area contributed by atoms with Crippen molar-refractivity contribution in [3.63, 3.8) is 0 Å². The molecule has 0 saturated heterocycles. The van der Waals surface area contributed by atoms with Crippen molar-refractivity contribution in [2.24, 2.45) is 16.8 Å². The van der Waals surface area contributed by atoms with Gasteiger partial charge >= 0.3 is 0 Å². The van der Waals surface area contributed by atoms with Crippen molar-refractivity contribution in [1.82, 2.24) is 0 Å². The number of nitrogens with one attached hydrogen (secondary N) is 1. The van der Waals surface area contributed by atoms with Crippen LogP contribution in [0.2, 0.25) is 0 Å². The molecule has 3 nitrogen and oxygen atoms in total. The van der Waals surface area contributed by atoms with Gasteiger partial charge in [-0.05, 0) is 69.0 Å². The lowest BCUT2D eigenvalue weighted by Gasteiger charge is -2.26. The molecule has 0 aliphatic heterocycles. The quantitative estimate of drug-likeness (QED) is 0.219. The van der Waals surface area contributed by atoms with Gasteiger partial charge in [0.05, 0.1) is 5.70 Å². The standard InChI is InChI=1S/C31H38N2O/c1-8-11-13-27(10-3)22-34-29-19-20-30(24(5)21-29)31(14-12-9-2)25(6)32-26(7)33-28-17-15-23(4)16-18-28/h8-21,24,30H,1,6,22H2,2-5,7H3,(H,32,33)/b12-9?,13-11?,27-10?,31-14+. The van der Waals surface area contributed by atoms with Crippen LogP contribution in [0.5, 0.6) is 0 Å². The third-order valence-corrected chi connectivity index (χ3v) is 5.52. The Bertz CT molecular complexity index is 1060. The molecule has 2 atom stereocenters. The third-order valence-electron chi connectivity index (χ3n) is 5.52. The Morgan fingerprint density at radius 2 is 1.91 bits per heavy atom. The van der Waals surface area contributed by atoms with Crippen molar-refractivity contribution in [3.05, 3.63) is 126 Å². The summed E-state index contributed by atoms with van der Waals surface area (Å²) in [4.78, 5) is 4.78. The Hall–Kier alpha value is -3.59. The van der Waals surface area contributed by atoms with E-state index in [-0.39, 0.29) is 11.8 Å². The average molecular weight is 455 g/mol. The highest BCUT2D eigenvalue weighted by molar-refractivity contribution is 5.94. The molecule has 1 aliphatic rings. The zero-order valence-electron chi connectivity index (χ0n) is 21.2. The molecule has 1 aromatic carbocycles. The van der Waals surface area contributed by atoms with Crippen LogP contribution in [-0.2, 0) is 4.74 Å². The molecule has 2 unspecified atom stereocenters. The van der Waals surface area contributed by atoms with E-state index >= 15 is 0 Å². The van der Waals surface area contributed by atoms with E-state index in [0.29, 0.717) is 6.61 Å². The second kappa shape index (κ2) is 13.8. The molecule has 0 spiro atoms. The summed E-state index contributed by atoms with van der Waals surface area (Å²) in [5.41, 5.74) is 5.19. The van der Waals surface area contributed by atoms with E-state index in [9.17, 15) is 0 Å². The summed E-state index contributed by atoms with van der Waals surface area (Å²) in [7, 11) is 0. The van der Waals surface area contributed by atoms with Gasteiger partial charge in [-0.2, -0.15) is 0 Å². The maximum absolute atomic E-state index is 6.04. The fraction of sp³-hybridized carbons (Fsp3) is 0.258. The highest BCUT2D eigenvalue weighted by Gasteiger charge is 2.23. The first-order chi connectivity index (χ1) is 16.4. The lowest BCUT2D eigenvalue weighted by molar-refractivity contribution is 0.248. The number of aryl methyl sites for hydroxylation is 1. The smallest absolute Gasteiger partial charge is 0.115 e. The van der Waals surface area contributed by atoms with Gasteiger partial charge in [-0.25, -0.2) is 4.99 Å². The summed E-state index contributed by atoms with van der Waals surface area (Å²) in [6, 6.07) is 8.27. The molecule has 0 bridgehead atoms. The van der Waals surface area contributed by atoms with E-state index in [1.807, 2.05) is 57.2 Å². The monoisotopic (exact) mass is 454 g/mol. The van der Waals surface area contributed by atoms with E-state index in [4.69, 9.17) is 9.73 Å². The van der Waals surface area contributed by atoms with E-state index in [1.54, 1.807) is 6.08 Å². The summed E-state index contributed by atoms with van der Waals surface area (Å²) in [6.45, 7) is 18.8. The lowest BCUT2D eigenvalue weighted by Crippen LogP contribution is -2.16. The van der Waals surface area contributed by atoms with Gasteiger partial charge in [-0.1, -0.05) is 86.4 Å². The summed E-state index contributed by atoms with van der Waals surface area (Å²) < 4.78 is 6.04. The molecule has 2 rings (SSSR count). The predicted octanol–water partition coefficient (Wildman–Crippen LogP) is 8.25. The Morgan fingerprint density at radius 1 is 1.18 bits per heavy atom. The first-order valence-corrected chi connectivity index (χ1v) is 11.8. The number of nitrogens with zero attached hydrogens (tertiary/aromatic N) is 1. The van der Waals surface area contributed by atoms with Gasteiger partial charge in [0.2, 0.25) is 0 Å². The van der Waals surface area contributed by atoms with Crippen LogP contribution in [0.4, 0.5) is 5.69 Å². The molecule has 0 saturated carbocycles. The highest BCUT2D eigenvalue weighted by Crippen LogP contribution is 2.33. The average Bonchev–Trinajstić information content (AvgIpc) is 2.82. The van der Waals surface area contributed by atoms with Gasteiger partial charge in [0.25, 0.3) is 0 Å². The summed E-state index contributed by atoms with van der Waals surface area (Å²) in [6.07, 6.45) is 20.3. The van der Waals surface area contributed by atoms with E-state index in [2.05, 4.69) is 74.8 Å². The van der Waals surface area contributed by atoms with Gasteiger partial charge in [0, 0.05) is 11.6 Å². The molecule has 1 aliphatic carbocycles. The lowest BCUT2D eigenvalue weighted by atomic mass is 9.82. The van der Waals surface area contributed by atoms with Crippen molar-refractivity contribution in [2.75, 3.05) is 11.9 Å². The Morgan fingerprint density at radius 3 is 2.53 bits per heavy atom. The van der Waals surface area contributed by atoms with Gasteiger partial charge in [-0.15, -0.1) is 0 Å². The Balaban J connectivity index is 2.13. The molecule has 1 N–H and O–H groups in total. The van der Waals surface area contributed by atoms with Gasteiger partial charge < -0.3 is 10.1 Å². The third kappa shape index (κ3) is 8.40. The Labute approximate surface area is 206 Å². The van der Waals surface area contributed by atoms with E-state index < -0.39 is 0 Å². The predicted molar refractivity (Wildman–Crippen MR) is 149 cm³/mol. The fourth-order valence-corrected chi connectivity index (χ4v) is 3.60. The van der Waals surface area contributed by atoms with Crippen LogP contribution in [0.1, 0.15) is 33.3 Å². The molecule has 34 heavy (non-hydrogen) atoms. The normalized spacial score (nSPS) is 19.4. The minimum Gasteiger partial charge on any atom is -0.489 e. The zero-order chi connectivity index (χ0) is 24.9. The van der Waals surface area contributed by atoms with Crippen LogP contribution < -0.4 is 5.32 Å². The van der Waals surface area contributed by atoms with Gasteiger partial charge in [0.1, 0.15) is 18.2 Å². The molecular formula is C31H38N2O. The summed E-state index contributed by atoms with van der Waals surface area (Å²) >= 11 is 0. The first kappa shape index (κ1) is 26.7. The minimum atomic E-state index is 0.161. The van der Waals surface area contributed by atoms with Crippen LogP contribution in [0.25, 0.3) is 0 Å². The van der Waals surface area contributed by atoms with Crippen LogP contribution in [0.3, 0.4) is 0 Å². The Kier molecular flexibility index (Phi) is 10.9. The second-order valence-corrected chi connectivity index (χ2v) is 8.34. The highest BCUT2D eigenvalue weighted by atomic mass is 16.5. The molecular weight excluding hydrogens is 416 g/mol. The van der Waals surface area contributed by atoms with Gasteiger partial charge in [-0.3, -0.25) is 0 Å². The first-order valence-electron chi connectivity index (χ1n) is 11.8. The number of amidine groups is 1. The second-order valence-electron chi connectivity index (χ2n) is 8.34. The number of hydrogen-bond donors (Lipinski definition) is 1. The van der Waals surface area contributed by atoms with Crippen LogP contribution >= 0.6 is 0 Å². The number of allylic oxidation sites excluding steroid dienone is 10. The SMILES string of the molecule is C=CC=CC(=CC)COC1=CC(C)C(/C(=C/C=CC)C(=C)N=C(C)Nc2ccc(C)cc2)C=C1. The topological polar surface area (TPSA) is 33.6 Å². The molecule has 178 valence electrons. The molecule has 1 aromatic rings. The number of anilines is 1. The van der Waals surface area contributed by atoms with Crippen molar-refractivity contribution in [1.29, 1.82) is 0 Å². The van der Waals surface area contributed by atoms with Crippen molar-refractivity contribution >= 4 is 11.5 Å². The molecule has 0 amide bonds. The van der Waals surface area contributed by atoms with E-state index in [0.717, 1.165) is 34.1 Å². The number of rotatable bonds is 10. The van der Waals surface area contributed by atoms with Crippen molar-refractivity contribution < 1.29 is 4.74 Å². The van der Waals surface area contributed by atoms with Gasteiger partial charge in [0.15, 0.2) is 0 Å². The number of hydrogen-bond acceptors (Lipinski definition) is 2. The van der Waals surface area contributed by atoms with E-state index in [1.165, 1.54) is 5.56 Å². The summed E-state index contributed by atoms with van der Waals surface area (Å²) in [5, 5.41) is 3.36. The zero-order valence-corrected chi connectivity index (χ0v) is 21.2. The van der Waals surface area contributed by atoms with Crippen molar-refractivity contribution in [2.45, 2.75) is 34.6 Å². The van der Waals surface area contributed by atoms with Crippen molar-refractivity contribution in [3.8, 4) is 0 Å². The molecule has 0 heterocycles. The number of ether oxygens (including phenoxy) is 1. The molecule has 3 heteroatoms. The molecule has 0 radical (unpaired) electrons. The maximum atomic E-state index is 6.04. The van der Waals surface area contributed by atoms with Crippen LogP contribution in [-0.4, -0.2) is 12.4 Å². The number of benzene rings is 1. The van der Waals surface area contributed by atoms with Crippen LogP contribution in [0.15, 0.2) is 126 Å².